The van der Waals surface area contributed by atoms with Gasteiger partial charge in [0.05, 0.1) is 18.6 Å². The number of nitrogens with one attached hydrogen (secondary N) is 2. The van der Waals surface area contributed by atoms with Gasteiger partial charge in [-0.1, -0.05) is 30.3 Å². The van der Waals surface area contributed by atoms with Gasteiger partial charge in [-0.15, -0.1) is 0 Å². The fourth-order valence-corrected chi connectivity index (χ4v) is 3.31. The highest BCUT2D eigenvalue weighted by Gasteiger charge is 2.32. The highest BCUT2D eigenvalue weighted by atomic mass is 16.3. The topological polar surface area (TPSA) is 78.4 Å². The van der Waals surface area contributed by atoms with Crippen LogP contribution >= 0.6 is 0 Å². The van der Waals surface area contributed by atoms with Crippen LogP contribution in [0.2, 0.25) is 0 Å². The van der Waals surface area contributed by atoms with Crippen molar-refractivity contribution in [1.82, 2.24) is 5.32 Å². The number of aliphatic hydroxyl groups is 1. The van der Waals surface area contributed by atoms with Crippen LogP contribution in [0, 0.1) is 0 Å². The van der Waals surface area contributed by atoms with Crippen molar-refractivity contribution in [1.29, 1.82) is 0 Å². The molecule has 1 aliphatic heterocycles. The molecule has 0 saturated heterocycles. The molecule has 2 unspecified atom stereocenters. The van der Waals surface area contributed by atoms with E-state index >= 15 is 0 Å². The van der Waals surface area contributed by atoms with Gasteiger partial charge in [-0.2, -0.15) is 0 Å². The molecule has 0 saturated carbocycles. The number of aliphatic hydroxyl groups excluding tert-OH is 1. The summed E-state index contributed by atoms with van der Waals surface area (Å²) in [5, 5.41) is 16.0. The molecule has 2 atom stereocenters. The quantitative estimate of drug-likeness (QED) is 0.788. The summed E-state index contributed by atoms with van der Waals surface area (Å²) in [6.07, 6.45) is 0.280. The zero-order valence-corrected chi connectivity index (χ0v) is 12.4. The van der Waals surface area contributed by atoms with E-state index in [1.165, 1.54) is 0 Å². The van der Waals surface area contributed by atoms with Crippen LogP contribution < -0.4 is 10.6 Å². The summed E-state index contributed by atoms with van der Waals surface area (Å²) in [6.45, 7) is 0. The Morgan fingerprint density at radius 1 is 1.17 bits per heavy atom. The van der Waals surface area contributed by atoms with Crippen LogP contribution in [0.3, 0.4) is 0 Å². The zero-order valence-electron chi connectivity index (χ0n) is 12.4. The van der Waals surface area contributed by atoms with E-state index in [9.17, 15) is 14.7 Å². The highest BCUT2D eigenvalue weighted by molar-refractivity contribution is 6.02. The maximum absolute atomic E-state index is 12.4. The number of fused-ring (bicyclic) bond motifs is 2. The lowest BCUT2D eigenvalue weighted by molar-refractivity contribution is -0.115. The first-order valence-corrected chi connectivity index (χ1v) is 7.61. The highest BCUT2D eigenvalue weighted by Crippen LogP contribution is 2.31. The van der Waals surface area contributed by atoms with E-state index in [-0.39, 0.29) is 17.9 Å². The molecule has 116 valence electrons. The molecular formula is C18H16N2O3. The molecule has 2 aromatic carbocycles. The lowest BCUT2D eigenvalue weighted by Gasteiger charge is -2.17. The lowest BCUT2D eigenvalue weighted by Crippen LogP contribution is -2.37. The minimum Gasteiger partial charge on any atom is -0.386 e. The molecule has 0 radical (unpaired) electrons. The fraction of sp³-hybridized carbons (Fsp3) is 0.222. The van der Waals surface area contributed by atoms with Gasteiger partial charge >= 0.3 is 0 Å². The predicted molar refractivity (Wildman–Crippen MR) is 85.1 cm³/mol. The Kier molecular flexibility index (Phi) is 3.16. The number of carbonyl (C=O) groups excluding carboxylic acids is 2. The van der Waals surface area contributed by atoms with Crippen LogP contribution in [-0.4, -0.2) is 23.0 Å². The van der Waals surface area contributed by atoms with Crippen LogP contribution in [0.4, 0.5) is 5.69 Å². The van der Waals surface area contributed by atoms with Gasteiger partial charge in [0.1, 0.15) is 0 Å². The van der Waals surface area contributed by atoms with Gasteiger partial charge in [-0.05, 0) is 35.2 Å². The van der Waals surface area contributed by atoms with E-state index in [0.29, 0.717) is 24.1 Å². The Hall–Kier alpha value is -2.66. The summed E-state index contributed by atoms with van der Waals surface area (Å²) in [5.74, 6) is -0.301. The Morgan fingerprint density at radius 2 is 2.00 bits per heavy atom. The van der Waals surface area contributed by atoms with E-state index in [2.05, 4.69) is 10.6 Å². The van der Waals surface area contributed by atoms with Crippen LogP contribution in [0.1, 0.15) is 33.2 Å². The molecule has 3 N–H and O–H groups in total. The normalized spacial score (nSPS) is 21.5. The molecule has 0 spiro atoms. The van der Waals surface area contributed by atoms with Crippen LogP contribution in [0.5, 0.6) is 0 Å². The first-order chi connectivity index (χ1) is 11.1. The van der Waals surface area contributed by atoms with Gasteiger partial charge in [0.25, 0.3) is 5.91 Å². The standard InChI is InChI=1S/C18H16N2O3/c21-16-9-11-5-6-12(8-14(11)19-16)18(23)20-15-7-10-3-1-2-4-13(10)17(15)22/h1-6,8,15,17,22H,7,9H2,(H,19,21)(H,20,23). The average molecular weight is 308 g/mol. The number of carbonyl (C=O) groups is 2. The third-order valence-electron chi connectivity index (χ3n) is 4.51. The van der Waals surface area contributed by atoms with Crippen molar-refractivity contribution in [3.8, 4) is 0 Å². The van der Waals surface area contributed by atoms with Crippen molar-refractivity contribution in [2.24, 2.45) is 0 Å². The van der Waals surface area contributed by atoms with Gasteiger partial charge < -0.3 is 15.7 Å². The average Bonchev–Trinajstić information content (AvgIpc) is 3.06. The molecule has 2 amide bonds. The van der Waals surface area contributed by atoms with Crippen molar-refractivity contribution in [2.45, 2.75) is 25.0 Å². The molecule has 1 heterocycles. The van der Waals surface area contributed by atoms with E-state index in [1.807, 2.05) is 24.3 Å². The van der Waals surface area contributed by atoms with Gasteiger partial charge in [-0.25, -0.2) is 0 Å². The van der Waals surface area contributed by atoms with Gasteiger partial charge in [0.2, 0.25) is 5.91 Å². The van der Waals surface area contributed by atoms with Crippen LogP contribution in [0.15, 0.2) is 42.5 Å². The summed E-state index contributed by atoms with van der Waals surface area (Å²) in [7, 11) is 0. The fourth-order valence-electron chi connectivity index (χ4n) is 3.31. The molecule has 0 aromatic heterocycles. The maximum Gasteiger partial charge on any atom is 0.251 e. The monoisotopic (exact) mass is 308 g/mol. The smallest absolute Gasteiger partial charge is 0.251 e. The summed E-state index contributed by atoms with van der Waals surface area (Å²) in [6, 6.07) is 12.5. The Morgan fingerprint density at radius 3 is 2.83 bits per heavy atom. The molecule has 5 nitrogen and oxygen atoms in total. The summed E-state index contributed by atoms with van der Waals surface area (Å²) in [4.78, 5) is 23.8. The third-order valence-corrected chi connectivity index (χ3v) is 4.51. The Balaban J connectivity index is 1.51. The number of benzene rings is 2. The SMILES string of the molecule is O=C1Cc2ccc(C(=O)NC3Cc4ccccc4C3O)cc2N1. The second-order valence-corrected chi connectivity index (χ2v) is 6.02. The second kappa shape index (κ2) is 5.21. The third kappa shape index (κ3) is 2.39. The van der Waals surface area contributed by atoms with Crippen molar-refractivity contribution in [3.63, 3.8) is 0 Å². The number of anilines is 1. The zero-order chi connectivity index (χ0) is 16.0. The van der Waals surface area contributed by atoms with E-state index in [4.69, 9.17) is 0 Å². The minimum absolute atomic E-state index is 0.0563. The Labute approximate surface area is 133 Å². The van der Waals surface area contributed by atoms with E-state index in [1.54, 1.807) is 18.2 Å². The maximum atomic E-state index is 12.4. The first-order valence-electron chi connectivity index (χ1n) is 7.61. The second-order valence-electron chi connectivity index (χ2n) is 6.02. The number of hydrogen-bond acceptors (Lipinski definition) is 3. The largest absolute Gasteiger partial charge is 0.386 e. The minimum atomic E-state index is -0.690. The molecule has 0 fully saturated rings. The lowest BCUT2D eigenvalue weighted by atomic mass is 10.1. The van der Waals surface area contributed by atoms with Gasteiger partial charge in [0.15, 0.2) is 0 Å². The van der Waals surface area contributed by atoms with Crippen LogP contribution in [0.25, 0.3) is 0 Å². The number of rotatable bonds is 2. The predicted octanol–water partition coefficient (Wildman–Crippen LogP) is 1.57. The molecule has 4 rings (SSSR count). The van der Waals surface area contributed by atoms with Gasteiger partial charge in [-0.3, -0.25) is 9.59 Å². The van der Waals surface area contributed by atoms with Crippen molar-refractivity contribution >= 4 is 17.5 Å². The van der Waals surface area contributed by atoms with Crippen LogP contribution in [-0.2, 0) is 17.6 Å². The van der Waals surface area contributed by atoms with E-state index < -0.39 is 6.10 Å². The molecular weight excluding hydrogens is 292 g/mol. The molecule has 0 bridgehead atoms. The molecule has 5 heteroatoms. The molecule has 1 aliphatic carbocycles. The Bertz CT molecular complexity index is 816. The summed E-state index contributed by atoms with van der Waals surface area (Å²) >= 11 is 0. The summed E-state index contributed by atoms with van der Waals surface area (Å²) < 4.78 is 0. The molecule has 23 heavy (non-hydrogen) atoms. The molecule has 2 aliphatic rings. The number of hydrogen-bond donors (Lipinski definition) is 3. The summed E-state index contributed by atoms with van der Waals surface area (Å²) in [5.41, 5.74) is 4.01. The van der Waals surface area contributed by atoms with Gasteiger partial charge in [0, 0.05) is 11.3 Å². The number of amides is 2. The van der Waals surface area contributed by atoms with Crippen molar-refractivity contribution < 1.29 is 14.7 Å². The van der Waals surface area contributed by atoms with E-state index in [0.717, 1.165) is 16.7 Å². The van der Waals surface area contributed by atoms with Crippen molar-refractivity contribution in [2.75, 3.05) is 5.32 Å². The van der Waals surface area contributed by atoms with Crippen molar-refractivity contribution in [3.05, 3.63) is 64.7 Å². The molecule has 2 aromatic rings. The first kappa shape index (κ1) is 14.0.